The fraction of sp³-hybridized carbons (Fsp3) is 0.619. The lowest BCUT2D eigenvalue weighted by atomic mass is 9.80. The minimum absolute atomic E-state index is 0.0593. The summed E-state index contributed by atoms with van der Waals surface area (Å²) in [6.45, 7) is 10.9. The molecule has 7 rings (SSSR count). The average molecular weight is 621 g/mol. The topological polar surface area (TPSA) is 40.6 Å². The largest absolute Gasteiger partial charge is 0.297 e. The molecule has 4 nitrogen and oxygen atoms in total. The van der Waals surface area contributed by atoms with Crippen molar-refractivity contribution < 1.29 is 9.59 Å². The summed E-state index contributed by atoms with van der Waals surface area (Å²) >= 11 is 0. The summed E-state index contributed by atoms with van der Waals surface area (Å²) in [5.41, 5.74) is 1.61. The Labute approximate surface area is 277 Å². The highest BCUT2D eigenvalue weighted by atomic mass is 16.1. The fourth-order valence-corrected chi connectivity index (χ4v) is 8.54. The third kappa shape index (κ3) is 6.10. The highest BCUT2D eigenvalue weighted by Crippen LogP contribution is 2.38. The van der Waals surface area contributed by atoms with Gasteiger partial charge in [0.15, 0.2) is 11.6 Å². The second kappa shape index (κ2) is 13.5. The van der Waals surface area contributed by atoms with Gasteiger partial charge in [0.2, 0.25) is 0 Å². The molecule has 4 heteroatoms. The van der Waals surface area contributed by atoms with Crippen LogP contribution in [0.2, 0.25) is 0 Å². The van der Waals surface area contributed by atoms with Crippen LogP contribution in [0.4, 0.5) is 0 Å². The molecule has 3 aromatic rings. The van der Waals surface area contributed by atoms with Crippen LogP contribution in [0.5, 0.6) is 0 Å². The Balaban J connectivity index is 1.13. The molecule has 0 N–H and O–H groups in total. The van der Waals surface area contributed by atoms with Crippen LogP contribution in [0.1, 0.15) is 125 Å². The van der Waals surface area contributed by atoms with Crippen LogP contribution in [-0.4, -0.2) is 58.6 Å². The molecule has 0 amide bonds. The molecule has 0 spiro atoms. The molecule has 3 aromatic carbocycles. The van der Waals surface area contributed by atoms with E-state index in [-0.39, 0.29) is 23.4 Å². The number of carbonyl (C=O) groups is 2. The number of ketones is 2. The Morgan fingerprint density at radius 2 is 0.913 bits per heavy atom. The SMILES string of the molecule is CC(CN(C1CCC1)C1CCC1)C(C)C(=O)c1cccc2cc3cccc(C(=O)C(C)C(C)CN(C4CCC4)C4CCC4)c3cc12. The van der Waals surface area contributed by atoms with E-state index < -0.39 is 0 Å². The van der Waals surface area contributed by atoms with E-state index >= 15 is 0 Å². The maximum absolute atomic E-state index is 14.2. The van der Waals surface area contributed by atoms with Crippen molar-refractivity contribution in [2.45, 2.75) is 129 Å². The van der Waals surface area contributed by atoms with Gasteiger partial charge in [0.05, 0.1) is 0 Å². The molecule has 4 atom stereocenters. The molecule has 0 aromatic heterocycles. The summed E-state index contributed by atoms with van der Waals surface area (Å²) in [5, 5.41) is 4.12. The molecule has 4 aliphatic carbocycles. The summed E-state index contributed by atoms with van der Waals surface area (Å²) in [6.07, 6.45) is 16.0. The molecule has 4 fully saturated rings. The zero-order valence-corrected chi connectivity index (χ0v) is 28.8. The van der Waals surface area contributed by atoms with Gasteiger partial charge < -0.3 is 0 Å². The predicted octanol–water partition coefficient (Wildman–Crippen LogP) is 9.72. The van der Waals surface area contributed by atoms with Gasteiger partial charge in [-0.25, -0.2) is 0 Å². The normalized spacial score (nSPS) is 22.2. The van der Waals surface area contributed by atoms with Crippen LogP contribution >= 0.6 is 0 Å². The molecule has 0 radical (unpaired) electrons. The van der Waals surface area contributed by atoms with Crippen LogP contribution in [-0.2, 0) is 0 Å². The molecule has 0 aliphatic heterocycles. The van der Waals surface area contributed by atoms with Gasteiger partial charge in [-0.1, -0.05) is 89.8 Å². The van der Waals surface area contributed by atoms with Crippen LogP contribution in [0.15, 0.2) is 48.5 Å². The number of Topliss-reactive ketones (excluding diaryl/α,β-unsaturated/α-hetero) is 2. The molecule has 4 saturated carbocycles. The first kappa shape index (κ1) is 32.0. The van der Waals surface area contributed by atoms with Crippen molar-refractivity contribution in [3.63, 3.8) is 0 Å². The predicted molar refractivity (Wildman–Crippen MR) is 191 cm³/mol. The minimum Gasteiger partial charge on any atom is -0.297 e. The highest BCUT2D eigenvalue weighted by Gasteiger charge is 2.37. The molecule has 46 heavy (non-hydrogen) atoms. The van der Waals surface area contributed by atoms with E-state index in [1.54, 1.807) is 0 Å². The van der Waals surface area contributed by atoms with E-state index in [1.165, 1.54) is 77.0 Å². The standard InChI is InChI=1S/C42H56N2O2/c1-27(25-43(33-13-7-14-33)34-15-8-16-34)29(3)41(45)37-21-5-11-31-23-32-12-6-22-38(40(32)24-39(31)37)42(46)30(4)28(2)26-44(35-17-9-18-35)36-19-10-20-36/h5-6,11-12,21-24,27-30,33-36H,7-10,13-20,25-26H2,1-4H3. The maximum Gasteiger partial charge on any atom is 0.166 e. The Hall–Kier alpha value is -2.56. The van der Waals surface area contributed by atoms with Crippen LogP contribution in [0.3, 0.4) is 0 Å². The molecular weight excluding hydrogens is 564 g/mol. The zero-order chi connectivity index (χ0) is 31.9. The van der Waals surface area contributed by atoms with Crippen molar-refractivity contribution in [1.29, 1.82) is 0 Å². The molecule has 4 aliphatic rings. The minimum atomic E-state index is -0.0593. The summed E-state index contributed by atoms with van der Waals surface area (Å²) in [6, 6.07) is 19.5. The zero-order valence-electron chi connectivity index (χ0n) is 28.8. The third-order valence-corrected chi connectivity index (χ3v) is 13.1. The van der Waals surface area contributed by atoms with Gasteiger partial charge >= 0.3 is 0 Å². The molecule has 246 valence electrons. The van der Waals surface area contributed by atoms with Gasteiger partial charge in [-0.2, -0.15) is 0 Å². The Bertz CT molecular complexity index is 1420. The molecule has 4 unspecified atom stereocenters. The summed E-state index contributed by atoms with van der Waals surface area (Å²) in [7, 11) is 0. The second-order valence-electron chi connectivity index (χ2n) is 15.9. The van der Waals surface area contributed by atoms with Crippen LogP contribution in [0.25, 0.3) is 21.5 Å². The van der Waals surface area contributed by atoms with Crippen molar-refractivity contribution in [2.24, 2.45) is 23.7 Å². The van der Waals surface area contributed by atoms with E-state index in [0.717, 1.165) is 69.9 Å². The molecule has 0 saturated heterocycles. The lowest BCUT2D eigenvalue weighted by Gasteiger charge is -2.47. The van der Waals surface area contributed by atoms with Crippen molar-refractivity contribution in [3.8, 4) is 0 Å². The van der Waals surface area contributed by atoms with Gasteiger partial charge in [0, 0.05) is 60.2 Å². The van der Waals surface area contributed by atoms with E-state index in [0.29, 0.717) is 11.8 Å². The maximum atomic E-state index is 14.2. The Morgan fingerprint density at radius 3 is 1.22 bits per heavy atom. The number of hydrogen-bond acceptors (Lipinski definition) is 4. The van der Waals surface area contributed by atoms with E-state index in [9.17, 15) is 9.59 Å². The second-order valence-corrected chi connectivity index (χ2v) is 15.9. The number of hydrogen-bond donors (Lipinski definition) is 0. The third-order valence-electron chi connectivity index (χ3n) is 13.1. The number of rotatable bonds is 14. The first-order valence-corrected chi connectivity index (χ1v) is 18.9. The van der Waals surface area contributed by atoms with E-state index in [1.807, 2.05) is 24.3 Å². The average Bonchev–Trinajstić information content (AvgIpc) is 2.94. The molecule has 0 heterocycles. The summed E-state index contributed by atoms with van der Waals surface area (Å²) in [5.74, 6) is 0.939. The van der Waals surface area contributed by atoms with Crippen molar-refractivity contribution >= 4 is 33.1 Å². The molecular formula is C42H56N2O2. The van der Waals surface area contributed by atoms with Crippen LogP contribution < -0.4 is 0 Å². The van der Waals surface area contributed by atoms with Gasteiger partial charge in [-0.3, -0.25) is 19.4 Å². The summed E-state index contributed by atoms with van der Waals surface area (Å²) in [4.78, 5) is 34.0. The van der Waals surface area contributed by atoms with Gasteiger partial charge in [-0.05, 0) is 96.9 Å². The molecule has 0 bridgehead atoms. The lowest BCUT2D eigenvalue weighted by molar-refractivity contribution is 0.0220. The van der Waals surface area contributed by atoms with E-state index in [4.69, 9.17) is 0 Å². The number of fused-ring (bicyclic) bond motifs is 2. The first-order valence-electron chi connectivity index (χ1n) is 18.9. The first-order chi connectivity index (χ1) is 22.3. The van der Waals surface area contributed by atoms with Gasteiger partial charge in [0.25, 0.3) is 0 Å². The quantitative estimate of drug-likeness (QED) is 0.133. The van der Waals surface area contributed by atoms with Crippen molar-refractivity contribution in [2.75, 3.05) is 13.1 Å². The Kier molecular flexibility index (Phi) is 9.40. The van der Waals surface area contributed by atoms with Crippen molar-refractivity contribution in [3.05, 3.63) is 59.7 Å². The van der Waals surface area contributed by atoms with Gasteiger partial charge in [-0.15, -0.1) is 0 Å². The summed E-state index contributed by atoms with van der Waals surface area (Å²) < 4.78 is 0. The van der Waals surface area contributed by atoms with Crippen LogP contribution in [0, 0.1) is 23.7 Å². The number of carbonyl (C=O) groups excluding carboxylic acids is 2. The van der Waals surface area contributed by atoms with Gasteiger partial charge in [0.1, 0.15) is 0 Å². The number of nitrogens with zero attached hydrogens (tertiary/aromatic N) is 2. The number of benzene rings is 3. The van der Waals surface area contributed by atoms with Crippen molar-refractivity contribution in [1.82, 2.24) is 9.80 Å². The smallest absolute Gasteiger partial charge is 0.166 e. The van der Waals surface area contributed by atoms with E-state index in [2.05, 4.69) is 61.8 Å². The lowest BCUT2D eigenvalue weighted by Crippen LogP contribution is -2.51. The fourth-order valence-electron chi connectivity index (χ4n) is 8.54. The Morgan fingerprint density at radius 1 is 0.565 bits per heavy atom. The highest BCUT2D eigenvalue weighted by molar-refractivity contribution is 6.16. The monoisotopic (exact) mass is 620 g/mol.